The van der Waals surface area contributed by atoms with Gasteiger partial charge in [-0.2, -0.15) is 0 Å². The number of amides is 2. The van der Waals surface area contributed by atoms with Gasteiger partial charge in [-0.05, 0) is 19.1 Å². The third-order valence-electron chi connectivity index (χ3n) is 3.34. The summed E-state index contributed by atoms with van der Waals surface area (Å²) < 4.78 is 20.5. The standard InChI is InChI=1S/C15H20FN5O2/c1-11(14-19-17-10-21(14)3)18-15(22)20(2)8-9-23-13-7-5-4-6-12(13)16/h4-7,10-11H,8-9H2,1-3H3,(H,18,22)/t11-/m1/s1. The molecule has 7 nitrogen and oxygen atoms in total. The van der Waals surface area contributed by atoms with Crippen molar-refractivity contribution < 1.29 is 13.9 Å². The van der Waals surface area contributed by atoms with Gasteiger partial charge in [0.2, 0.25) is 0 Å². The molecule has 0 saturated carbocycles. The highest BCUT2D eigenvalue weighted by molar-refractivity contribution is 5.74. The second-order valence-electron chi connectivity index (χ2n) is 5.17. The molecule has 0 spiro atoms. The molecule has 8 heteroatoms. The Kier molecular flexibility index (Phi) is 5.51. The van der Waals surface area contributed by atoms with Crippen LogP contribution < -0.4 is 10.1 Å². The molecule has 1 heterocycles. The third kappa shape index (κ3) is 4.41. The Labute approximate surface area is 134 Å². The predicted octanol–water partition coefficient (Wildman–Crippen LogP) is 1.74. The highest BCUT2D eigenvalue weighted by atomic mass is 19.1. The van der Waals surface area contributed by atoms with Gasteiger partial charge < -0.3 is 19.5 Å². The Morgan fingerprint density at radius 3 is 2.87 bits per heavy atom. The van der Waals surface area contributed by atoms with E-state index in [9.17, 15) is 9.18 Å². The maximum atomic E-state index is 13.4. The molecule has 0 unspecified atom stereocenters. The van der Waals surface area contributed by atoms with Gasteiger partial charge in [-0.3, -0.25) is 0 Å². The lowest BCUT2D eigenvalue weighted by Crippen LogP contribution is -2.41. The van der Waals surface area contributed by atoms with Crippen LogP contribution >= 0.6 is 0 Å². The topological polar surface area (TPSA) is 72.3 Å². The van der Waals surface area contributed by atoms with Crippen molar-refractivity contribution in [1.29, 1.82) is 0 Å². The van der Waals surface area contributed by atoms with Crippen LogP contribution in [0.4, 0.5) is 9.18 Å². The molecule has 0 aliphatic carbocycles. The van der Waals surface area contributed by atoms with E-state index in [1.807, 2.05) is 14.0 Å². The summed E-state index contributed by atoms with van der Waals surface area (Å²) in [5.74, 6) is 0.415. The number of benzene rings is 1. The van der Waals surface area contributed by atoms with Gasteiger partial charge in [0, 0.05) is 14.1 Å². The van der Waals surface area contributed by atoms with Gasteiger partial charge in [0.25, 0.3) is 0 Å². The van der Waals surface area contributed by atoms with Crippen LogP contribution in [0.1, 0.15) is 18.8 Å². The summed E-state index contributed by atoms with van der Waals surface area (Å²) >= 11 is 0. The Hall–Kier alpha value is -2.64. The summed E-state index contributed by atoms with van der Waals surface area (Å²) in [4.78, 5) is 13.6. The van der Waals surface area contributed by atoms with Crippen molar-refractivity contribution in [2.45, 2.75) is 13.0 Å². The molecule has 0 radical (unpaired) electrons. The molecule has 1 aromatic carbocycles. The fourth-order valence-corrected chi connectivity index (χ4v) is 2.00. The molecular weight excluding hydrogens is 301 g/mol. The van der Waals surface area contributed by atoms with E-state index in [1.54, 1.807) is 36.1 Å². The lowest BCUT2D eigenvalue weighted by atomic mass is 10.3. The number of rotatable bonds is 6. The molecule has 0 saturated heterocycles. The van der Waals surface area contributed by atoms with Crippen molar-refractivity contribution in [1.82, 2.24) is 25.0 Å². The van der Waals surface area contributed by atoms with E-state index in [4.69, 9.17) is 4.74 Å². The van der Waals surface area contributed by atoms with Crippen LogP contribution in [0.15, 0.2) is 30.6 Å². The van der Waals surface area contributed by atoms with Crippen LogP contribution in [-0.2, 0) is 7.05 Å². The number of ether oxygens (including phenoxy) is 1. The number of carbonyl (C=O) groups excluding carboxylic acids is 1. The number of nitrogens with zero attached hydrogens (tertiary/aromatic N) is 4. The average Bonchev–Trinajstić information content (AvgIpc) is 2.95. The first-order valence-electron chi connectivity index (χ1n) is 7.22. The Morgan fingerprint density at radius 2 is 2.22 bits per heavy atom. The van der Waals surface area contributed by atoms with Crippen LogP contribution in [0, 0.1) is 5.82 Å². The zero-order valence-electron chi connectivity index (χ0n) is 13.4. The van der Waals surface area contributed by atoms with E-state index >= 15 is 0 Å². The highest BCUT2D eigenvalue weighted by Gasteiger charge is 2.16. The number of hydrogen-bond acceptors (Lipinski definition) is 4. The average molecular weight is 321 g/mol. The first-order chi connectivity index (χ1) is 11.0. The van der Waals surface area contributed by atoms with Crippen molar-refractivity contribution in [2.75, 3.05) is 20.2 Å². The second-order valence-corrected chi connectivity index (χ2v) is 5.17. The Morgan fingerprint density at radius 1 is 1.48 bits per heavy atom. The zero-order chi connectivity index (χ0) is 16.8. The quantitative estimate of drug-likeness (QED) is 0.879. The molecule has 1 atom stereocenters. The van der Waals surface area contributed by atoms with Crippen molar-refractivity contribution in [2.24, 2.45) is 7.05 Å². The number of hydrogen-bond donors (Lipinski definition) is 1. The van der Waals surface area contributed by atoms with E-state index in [1.165, 1.54) is 11.0 Å². The second kappa shape index (κ2) is 7.57. The molecule has 1 N–H and O–H groups in total. The number of urea groups is 1. The van der Waals surface area contributed by atoms with Gasteiger partial charge in [0.15, 0.2) is 17.4 Å². The minimum Gasteiger partial charge on any atom is -0.489 e. The monoisotopic (exact) mass is 321 g/mol. The summed E-state index contributed by atoms with van der Waals surface area (Å²) in [6.45, 7) is 2.35. The molecule has 2 amide bonds. The van der Waals surface area contributed by atoms with E-state index < -0.39 is 5.82 Å². The summed E-state index contributed by atoms with van der Waals surface area (Å²) in [5, 5.41) is 10.5. The number of carbonyl (C=O) groups is 1. The molecule has 2 rings (SSSR count). The molecule has 0 fully saturated rings. The fourth-order valence-electron chi connectivity index (χ4n) is 2.00. The van der Waals surface area contributed by atoms with Crippen LogP contribution in [-0.4, -0.2) is 45.9 Å². The number of para-hydroxylation sites is 1. The molecule has 124 valence electrons. The summed E-state index contributed by atoms with van der Waals surface area (Å²) in [6, 6.07) is 5.62. The van der Waals surface area contributed by atoms with Gasteiger partial charge in [-0.1, -0.05) is 12.1 Å². The minimum absolute atomic E-state index is 0.175. The minimum atomic E-state index is -0.421. The van der Waals surface area contributed by atoms with Crippen LogP contribution in [0.2, 0.25) is 0 Å². The molecule has 0 aliphatic rings. The smallest absolute Gasteiger partial charge is 0.317 e. The summed E-state index contributed by atoms with van der Waals surface area (Å²) in [7, 11) is 3.45. The molecule has 0 bridgehead atoms. The van der Waals surface area contributed by atoms with Crippen molar-refractivity contribution in [3.8, 4) is 5.75 Å². The largest absolute Gasteiger partial charge is 0.489 e. The lowest BCUT2D eigenvalue weighted by molar-refractivity contribution is 0.190. The first kappa shape index (κ1) is 16.7. The van der Waals surface area contributed by atoms with Gasteiger partial charge in [0.05, 0.1) is 12.6 Å². The van der Waals surface area contributed by atoms with Gasteiger partial charge in [-0.15, -0.1) is 10.2 Å². The molecule has 23 heavy (non-hydrogen) atoms. The maximum absolute atomic E-state index is 13.4. The van der Waals surface area contributed by atoms with E-state index in [0.717, 1.165) is 0 Å². The van der Waals surface area contributed by atoms with Crippen LogP contribution in [0.25, 0.3) is 0 Å². The van der Waals surface area contributed by atoms with Gasteiger partial charge >= 0.3 is 6.03 Å². The number of likely N-dealkylation sites (N-methyl/N-ethyl adjacent to an activating group) is 1. The Bertz CT molecular complexity index is 661. The van der Waals surface area contributed by atoms with Crippen LogP contribution in [0.5, 0.6) is 5.75 Å². The van der Waals surface area contributed by atoms with Gasteiger partial charge in [-0.25, -0.2) is 9.18 Å². The van der Waals surface area contributed by atoms with Crippen molar-refractivity contribution >= 4 is 6.03 Å². The molecule has 1 aromatic heterocycles. The Balaban J connectivity index is 1.79. The summed E-state index contributed by atoms with van der Waals surface area (Å²) in [5.41, 5.74) is 0. The van der Waals surface area contributed by atoms with Crippen LogP contribution in [0.3, 0.4) is 0 Å². The number of aryl methyl sites for hydroxylation is 1. The zero-order valence-corrected chi connectivity index (χ0v) is 13.4. The molecular formula is C15H20FN5O2. The normalized spacial score (nSPS) is 11.8. The number of aromatic nitrogens is 3. The van der Waals surface area contributed by atoms with Crippen molar-refractivity contribution in [3.05, 3.63) is 42.2 Å². The molecule has 0 aliphatic heterocycles. The third-order valence-corrected chi connectivity index (χ3v) is 3.34. The highest BCUT2D eigenvalue weighted by Crippen LogP contribution is 2.15. The first-order valence-corrected chi connectivity index (χ1v) is 7.22. The van der Waals surface area contributed by atoms with E-state index in [2.05, 4.69) is 15.5 Å². The predicted molar refractivity (Wildman–Crippen MR) is 82.5 cm³/mol. The maximum Gasteiger partial charge on any atom is 0.317 e. The SMILES string of the molecule is C[C@@H](NC(=O)N(C)CCOc1ccccc1F)c1nncn1C. The van der Waals surface area contributed by atoms with Gasteiger partial charge in [0.1, 0.15) is 12.9 Å². The van der Waals surface area contributed by atoms with E-state index in [0.29, 0.717) is 12.4 Å². The lowest BCUT2D eigenvalue weighted by Gasteiger charge is -2.21. The fraction of sp³-hybridized carbons (Fsp3) is 0.400. The van der Waals surface area contributed by atoms with E-state index in [-0.39, 0.29) is 24.4 Å². The molecule has 2 aromatic rings. The number of halogens is 1. The van der Waals surface area contributed by atoms with Crippen molar-refractivity contribution in [3.63, 3.8) is 0 Å². The number of nitrogens with one attached hydrogen (secondary N) is 1. The summed E-state index contributed by atoms with van der Waals surface area (Å²) in [6.07, 6.45) is 1.57.